The lowest BCUT2D eigenvalue weighted by molar-refractivity contribution is -0.123. The number of carbonyl (C=O) groups is 1. The molecule has 2 N–H and O–H groups in total. The molecule has 2 aromatic rings. The molecular weight excluding hydrogens is 294 g/mol. The summed E-state index contributed by atoms with van der Waals surface area (Å²) in [6.07, 6.45) is 1.67. The lowest BCUT2D eigenvalue weighted by Crippen LogP contribution is -2.34. The van der Waals surface area contributed by atoms with Crippen molar-refractivity contribution in [1.82, 2.24) is 15.6 Å². The van der Waals surface area contributed by atoms with Gasteiger partial charge in [0.2, 0.25) is 5.88 Å². The lowest BCUT2D eigenvalue weighted by atomic mass is 10.3. The van der Waals surface area contributed by atoms with Crippen molar-refractivity contribution in [3.05, 3.63) is 48.7 Å². The third kappa shape index (κ3) is 6.36. The third-order valence-corrected chi connectivity index (χ3v) is 2.93. The van der Waals surface area contributed by atoms with E-state index in [0.717, 1.165) is 13.1 Å². The Bertz CT molecular complexity index is 588. The van der Waals surface area contributed by atoms with Gasteiger partial charge in [-0.2, -0.15) is 0 Å². The normalized spacial score (nSPS) is 10.1. The van der Waals surface area contributed by atoms with Crippen LogP contribution in [0.5, 0.6) is 17.4 Å². The SMILES string of the molecule is CCNCCNC(=O)COc1ccc(Oc2ccccn2)cc1. The van der Waals surface area contributed by atoms with Crippen LogP contribution in [0, 0.1) is 0 Å². The van der Waals surface area contributed by atoms with Gasteiger partial charge in [0, 0.05) is 25.4 Å². The fourth-order valence-corrected chi connectivity index (χ4v) is 1.80. The fourth-order valence-electron chi connectivity index (χ4n) is 1.80. The molecule has 1 heterocycles. The van der Waals surface area contributed by atoms with Crippen LogP contribution < -0.4 is 20.1 Å². The monoisotopic (exact) mass is 315 g/mol. The maximum absolute atomic E-state index is 11.6. The van der Waals surface area contributed by atoms with Crippen LogP contribution in [-0.4, -0.2) is 37.1 Å². The van der Waals surface area contributed by atoms with Crippen molar-refractivity contribution in [3.8, 4) is 17.4 Å². The van der Waals surface area contributed by atoms with Gasteiger partial charge in [-0.15, -0.1) is 0 Å². The van der Waals surface area contributed by atoms with E-state index in [1.807, 2.05) is 19.1 Å². The number of hydrogen-bond donors (Lipinski definition) is 2. The van der Waals surface area contributed by atoms with Gasteiger partial charge in [0.25, 0.3) is 5.91 Å². The molecule has 1 amide bonds. The van der Waals surface area contributed by atoms with Gasteiger partial charge in [0.15, 0.2) is 6.61 Å². The number of carbonyl (C=O) groups excluding carboxylic acids is 1. The van der Waals surface area contributed by atoms with Crippen LogP contribution in [0.1, 0.15) is 6.92 Å². The van der Waals surface area contributed by atoms with Gasteiger partial charge < -0.3 is 20.1 Å². The van der Waals surface area contributed by atoms with Crippen LogP contribution in [0.3, 0.4) is 0 Å². The Kier molecular flexibility index (Phi) is 6.87. The zero-order valence-electron chi connectivity index (χ0n) is 13.1. The number of likely N-dealkylation sites (N-methyl/N-ethyl adjacent to an activating group) is 1. The summed E-state index contributed by atoms with van der Waals surface area (Å²) in [5.74, 6) is 1.66. The van der Waals surface area contributed by atoms with E-state index in [1.54, 1.807) is 36.5 Å². The van der Waals surface area contributed by atoms with E-state index in [-0.39, 0.29) is 12.5 Å². The number of aromatic nitrogens is 1. The highest BCUT2D eigenvalue weighted by atomic mass is 16.5. The van der Waals surface area contributed by atoms with E-state index in [1.165, 1.54) is 0 Å². The van der Waals surface area contributed by atoms with E-state index < -0.39 is 0 Å². The first kappa shape index (κ1) is 16.8. The topological polar surface area (TPSA) is 72.5 Å². The average molecular weight is 315 g/mol. The van der Waals surface area contributed by atoms with Gasteiger partial charge in [0.1, 0.15) is 11.5 Å². The summed E-state index contributed by atoms with van der Waals surface area (Å²) < 4.78 is 11.0. The number of nitrogens with zero attached hydrogens (tertiary/aromatic N) is 1. The van der Waals surface area contributed by atoms with Gasteiger partial charge in [-0.25, -0.2) is 4.98 Å². The smallest absolute Gasteiger partial charge is 0.257 e. The molecule has 6 nitrogen and oxygen atoms in total. The molecule has 0 aliphatic carbocycles. The molecule has 0 aliphatic heterocycles. The first-order chi connectivity index (χ1) is 11.3. The minimum absolute atomic E-state index is 0.00737. The summed E-state index contributed by atoms with van der Waals surface area (Å²) in [7, 11) is 0. The molecule has 0 radical (unpaired) electrons. The van der Waals surface area contributed by atoms with Crippen LogP contribution in [0.4, 0.5) is 0 Å². The summed E-state index contributed by atoms with van der Waals surface area (Å²) in [5, 5.41) is 5.90. The Labute approximate surface area is 135 Å². The summed E-state index contributed by atoms with van der Waals surface area (Å²) in [6, 6.07) is 12.5. The molecule has 0 saturated carbocycles. The molecule has 1 aromatic heterocycles. The highest BCUT2D eigenvalue weighted by Gasteiger charge is 2.03. The average Bonchev–Trinajstić information content (AvgIpc) is 2.59. The quantitative estimate of drug-likeness (QED) is 0.692. The molecule has 6 heteroatoms. The molecule has 122 valence electrons. The van der Waals surface area contributed by atoms with Crippen molar-refractivity contribution in [1.29, 1.82) is 0 Å². The highest BCUT2D eigenvalue weighted by molar-refractivity contribution is 5.77. The van der Waals surface area contributed by atoms with Crippen molar-refractivity contribution >= 4 is 5.91 Å². The fraction of sp³-hybridized carbons (Fsp3) is 0.294. The standard InChI is InChI=1S/C17H21N3O3/c1-2-18-11-12-19-16(21)13-22-14-6-8-15(9-7-14)23-17-5-3-4-10-20-17/h3-10,18H,2,11-13H2,1H3,(H,19,21). The van der Waals surface area contributed by atoms with Crippen molar-refractivity contribution in [2.24, 2.45) is 0 Å². The van der Waals surface area contributed by atoms with E-state index in [9.17, 15) is 4.79 Å². The molecule has 0 atom stereocenters. The van der Waals surface area contributed by atoms with Gasteiger partial charge >= 0.3 is 0 Å². The maximum atomic E-state index is 11.6. The number of benzene rings is 1. The Morgan fingerprint density at radius 3 is 2.57 bits per heavy atom. The van der Waals surface area contributed by atoms with Gasteiger partial charge in [-0.3, -0.25) is 4.79 Å². The molecule has 0 bridgehead atoms. The van der Waals surface area contributed by atoms with E-state index in [0.29, 0.717) is 23.9 Å². The van der Waals surface area contributed by atoms with Crippen molar-refractivity contribution in [2.45, 2.75) is 6.92 Å². The first-order valence-electron chi connectivity index (χ1n) is 7.57. The van der Waals surface area contributed by atoms with Crippen LogP contribution in [-0.2, 0) is 4.79 Å². The number of hydrogen-bond acceptors (Lipinski definition) is 5. The summed E-state index contributed by atoms with van der Waals surface area (Å²) in [6.45, 7) is 4.24. The Hall–Kier alpha value is -2.60. The number of rotatable bonds is 9. The first-order valence-corrected chi connectivity index (χ1v) is 7.57. The predicted molar refractivity (Wildman–Crippen MR) is 87.8 cm³/mol. The van der Waals surface area contributed by atoms with Crippen molar-refractivity contribution in [3.63, 3.8) is 0 Å². The van der Waals surface area contributed by atoms with Gasteiger partial charge in [-0.1, -0.05) is 13.0 Å². The highest BCUT2D eigenvalue weighted by Crippen LogP contribution is 2.21. The second kappa shape index (κ2) is 9.42. The van der Waals surface area contributed by atoms with E-state index in [4.69, 9.17) is 9.47 Å². The zero-order valence-corrected chi connectivity index (χ0v) is 13.1. The van der Waals surface area contributed by atoms with Crippen LogP contribution in [0.2, 0.25) is 0 Å². The lowest BCUT2D eigenvalue weighted by Gasteiger charge is -2.09. The maximum Gasteiger partial charge on any atom is 0.257 e. The van der Waals surface area contributed by atoms with Crippen molar-refractivity contribution < 1.29 is 14.3 Å². The minimum atomic E-state index is -0.142. The second-order valence-electron chi connectivity index (χ2n) is 4.73. The number of ether oxygens (including phenoxy) is 2. The van der Waals surface area contributed by atoms with Crippen LogP contribution in [0.25, 0.3) is 0 Å². The summed E-state index contributed by atoms with van der Waals surface area (Å²) in [4.78, 5) is 15.7. The molecule has 0 spiro atoms. The van der Waals surface area contributed by atoms with Gasteiger partial charge in [0.05, 0.1) is 0 Å². The molecule has 0 saturated heterocycles. The number of pyridine rings is 1. The van der Waals surface area contributed by atoms with Crippen LogP contribution >= 0.6 is 0 Å². The van der Waals surface area contributed by atoms with E-state index >= 15 is 0 Å². The second-order valence-corrected chi connectivity index (χ2v) is 4.73. The predicted octanol–water partition coefficient (Wildman–Crippen LogP) is 1.98. The Morgan fingerprint density at radius 1 is 1.09 bits per heavy atom. The largest absolute Gasteiger partial charge is 0.484 e. The molecule has 2 rings (SSSR count). The van der Waals surface area contributed by atoms with Crippen molar-refractivity contribution in [2.75, 3.05) is 26.2 Å². The van der Waals surface area contributed by atoms with E-state index in [2.05, 4.69) is 15.6 Å². The molecule has 0 unspecified atom stereocenters. The molecule has 0 aliphatic rings. The van der Waals surface area contributed by atoms with Gasteiger partial charge in [-0.05, 0) is 36.9 Å². The summed E-state index contributed by atoms with van der Waals surface area (Å²) >= 11 is 0. The Morgan fingerprint density at radius 2 is 1.87 bits per heavy atom. The Balaban J connectivity index is 1.73. The molecular formula is C17H21N3O3. The molecule has 1 aromatic carbocycles. The third-order valence-electron chi connectivity index (χ3n) is 2.93. The van der Waals surface area contributed by atoms with Crippen LogP contribution in [0.15, 0.2) is 48.7 Å². The number of nitrogens with one attached hydrogen (secondary N) is 2. The number of amides is 1. The minimum Gasteiger partial charge on any atom is -0.484 e. The molecule has 0 fully saturated rings. The molecule has 23 heavy (non-hydrogen) atoms. The zero-order chi connectivity index (χ0) is 16.3. The summed E-state index contributed by atoms with van der Waals surface area (Å²) in [5.41, 5.74) is 0.